The monoisotopic (exact) mass is 405 g/mol. The van der Waals surface area contributed by atoms with Crippen LogP contribution in [0.3, 0.4) is 0 Å². The van der Waals surface area contributed by atoms with Crippen LogP contribution in [0.5, 0.6) is 0 Å². The minimum atomic E-state index is -4.53. The molecule has 1 saturated carbocycles. The Bertz CT molecular complexity index is 861. The Labute approximate surface area is 169 Å². The third kappa shape index (κ3) is 5.35. The first-order valence-electron chi connectivity index (χ1n) is 9.90. The van der Waals surface area contributed by atoms with Crippen molar-refractivity contribution in [3.63, 3.8) is 0 Å². The number of amides is 1. The number of carbonyl (C=O) groups is 1. The molecule has 0 spiro atoms. The highest BCUT2D eigenvalue weighted by Gasteiger charge is 2.33. The van der Waals surface area contributed by atoms with Crippen LogP contribution in [0.15, 0.2) is 36.4 Å². The van der Waals surface area contributed by atoms with E-state index in [4.69, 9.17) is 0 Å². The first-order chi connectivity index (χ1) is 13.8. The quantitative estimate of drug-likeness (QED) is 0.722. The summed E-state index contributed by atoms with van der Waals surface area (Å²) >= 11 is 0. The highest BCUT2D eigenvalue weighted by Crippen LogP contribution is 2.29. The molecule has 1 aromatic heterocycles. The fourth-order valence-corrected chi connectivity index (χ4v) is 3.85. The fourth-order valence-electron chi connectivity index (χ4n) is 3.85. The van der Waals surface area contributed by atoms with Crippen molar-refractivity contribution < 1.29 is 18.0 Å². The van der Waals surface area contributed by atoms with Crippen molar-refractivity contribution in [2.45, 2.75) is 57.8 Å². The lowest BCUT2D eigenvalue weighted by Gasteiger charge is -2.31. The number of para-hydroxylation sites is 1. The molecule has 0 saturated heterocycles. The van der Waals surface area contributed by atoms with Crippen LogP contribution >= 0.6 is 0 Å². The molecule has 0 radical (unpaired) electrons. The molecule has 3 rings (SSSR count). The summed E-state index contributed by atoms with van der Waals surface area (Å²) in [5.41, 5.74) is 0.828. The van der Waals surface area contributed by atoms with Crippen molar-refractivity contribution >= 4 is 11.6 Å². The minimum Gasteiger partial charge on any atom is -0.322 e. The number of pyridine rings is 1. The molecule has 156 valence electrons. The number of alkyl halides is 3. The number of benzene rings is 1. The molecule has 1 heterocycles. The topological polar surface area (TPSA) is 45.2 Å². The fraction of sp³-hybridized carbons (Fsp3) is 0.455. The molecule has 0 unspecified atom stereocenters. The average molecular weight is 405 g/mol. The zero-order chi connectivity index (χ0) is 21.0. The average Bonchev–Trinajstić information content (AvgIpc) is 2.69. The molecule has 0 aliphatic heterocycles. The lowest BCUT2D eigenvalue weighted by molar-refractivity contribution is -0.141. The van der Waals surface area contributed by atoms with Crippen molar-refractivity contribution in [3.05, 3.63) is 58.9 Å². The standard InChI is InChI=1S/C22H26F3N3O/c1-15-18(12-13-20(26-15)22(23,24)25)21(29)27-19-11-7-6-8-16(19)14-28(2)17-9-4-3-5-10-17/h6-8,11-13,17H,3-5,9-10,14H2,1-2H3,(H,27,29). The van der Waals surface area contributed by atoms with E-state index < -0.39 is 17.8 Å². The van der Waals surface area contributed by atoms with Gasteiger partial charge in [0.1, 0.15) is 5.69 Å². The van der Waals surface area contributed by atoms with E-state index in [1.54, 1.807) is 0 Å². The van der Waals surface area contributed by atoms with Crippen molar-refractivity contribution in [2.24, 2.45) is 0 Å². The van der Waals surface area contributed by atoms with Gasteiger partial charge in [0, 0.05) is 18.3 Å². The van der Waals surface area contributed by atoms with Crippen molar-refractivity contribution in [1.82, 2.24) is 9.88 Å². The maximum atomic E-state index is 12.8. The number of nitrogens with zero attached hydrogens (tertiary/aromatic N) is 2. The SMILES string of the molecule is Cc1nc(C(F)(F)F)ccc1C(=O)Nc1ccccc1CN(C)C1CCCCC1. The molecule has 1 N–H and O–H groups in total. The zero-order valence-electron chi connectivity index (χ0n) is 16.7. The molecule has 7 heteroatoms. The largest absolute Gasteiger partial charge is 0.433 e. The van der Waals surface area contributed by atoms with Crippen LogP contribution in [0.4, 0.5) is 18.9 Å². The number of carbonyl (C=O) groups excluding carboxylic acids is 1. The number of anilines is 1. The predicted molar refractivity (Wildman–Crippen MR) is 107 cm³/mol. The Balaban J connectivity index is 1.74. The van der Waals surface area contributed by atoms with Gasteiger partial charge in [-0.15, -0.1) is 0 Å². The second-order valence-electron chi connectivity index (χ2n) is 7.65. The van der Waals surface area contributed by atoms with Crippen LogP contribution in [-0.4, -0.2) is 28.9 Å². The molecular weight excluding hydrogens is 379 g/mol. The maximum absolute atomic E-state index is 12.8. The number of hydrogen-bond acceptors (Lipinski definition) is 3. The van der Waals surface area contributed by atoms with Crippen LogP contribution < -0.4 is 5.32 Å². The Morgan fingerprint density at radius 2 is 1.83 bits per heavy atom. The second-order valence-corrected chi connectivity index (χ2v) is 7.65. The molecule has 0 bridgehead atoms. The zero-order valence-corrected chi connectivity index (χ0v) is 16.7. The van der Waals surface area contributed by atoms with Crippen LogP contribution in [0.25, 0.3) is 0 Å². The van der Waals surface area contributed by atoms with Gasteiger partial charge in [-0.2, -0.15) is 13.2 Å². The maximum Gasteiger partial charge on any atom is 0.433 e. The Hall–Kier alpha value is -2.41. The van der Waals surface area contributed by atoms with Gasteiger partial charge < -0.3 is 5.32 Å². The molecule has 1 amide bonds. The van der Waals surface area contributed by atoms with Gasteiger partial charge in [0.2, 0.25) is 0 Å². The Kier molecular flexibility index (Phi) is 6.57. The lowest BCUT2D eigenvalue weighted by atomic mass is 9.94. The van der Waals surface area contributed by atoms with E-state index in [-0.39, 0.29) is 11.3 Å². The van der Waals surface area contributed by atoms with Crippen LogP contribution in [0, 0.1) is 6.92 Å². The molecule has 2 aromatic rings. The van der Waals surface area contributed by atoms with Gasteiger partial charge in [0.05, 0.1) is 11.3 Å². The van der Waals surface area contributed by atoms with Gasteiger partial charge in [-0.3, -0.25) is 9.69 Å². The smallest absolute Gasteiger partial charge is 0.322 e. The van der Waals surface area contributed by atoms with Gasteiger partial charge in [-0.05, 0) is 50.6 Å². The summed E-state index contributed by atoms with van der Waals surface area (Å²) < 4.78 is 38.4. The second kappa shape index (κ2) is 8.95. The van der Waals surface area contributed by atoms with Crippen LogP contribution in [-0.2, 0) is 12.7 Å². The number of halogens is 3. The number of rotatable bonds is 5. The molecule has 1 aliphatic rings. The number of hydrogen-bond donors (Lipinski definition) is 1. The van der Waals surface area contributed by atoms with E-state index in [2.05, 4.69) is 22.2 Å². The van der Waals surface area contributed by atoms with Crippen LogP contribution in [0.2, 0.25) is 0 Å². The third-order valence-corrected chi connectivity index (χ3v) is 5.50. The van der Waals surface area contributed by atoms with Gasteiger partial charge in [0.25, 0.3) is 5.91 Å². The van der Waals surface area contributed by atoms with Gasteiger partial charge in [-0.25, -0.2) is 4.98 Å². The minimum absolute atomic E-state index is 0.0501. The van der Waals surface area contributed by atoms with Crippen molar-refractivity contribution in [3.8, 4) is 0 Å². The highest BCUT2D eigenvalue weighted by molar-refractivity contribution is 6.05. The molecule has 1 fully saturated rings. The van der Waals surface area contributed by atoms with Crippen molar-refractivity contribution in [1.29, 1.82) is 0 Å². The number of nitrogens with one attached hydrogen (secondary N) is 1. The van der Waals surface area contributed by atoms with E-state index >= 15 is 0 Å². The molecule has 0 atom stereocenters. The summed E-state index contributed by atoms with van der Waals surface area (Å²) in [6.45, 7) is 2.11. The molecule has 1 aliphatic carbocycles. The highest BCUT2D eigenvalue weighted by atomic mass is 19.4. The molecule has 4 nitrogen and oxygen atoms in total. The molecule has 29 heavy (non-hydrogen) atoms. The van der Waals surface area contributed by atoms with E-state index in [1.807, 2.05) is 24.3 Å². The Morgan fingerprint density at radius 1 is 1.14 bits per heavy atom. The van der Waals surface area contributed by atoms with Gasteiger partial charge in [0.15, 0.2) is 0 Å². The van der Waals surface area contributed by atoms with E-state index in [9.17, 15) is 18.0 Å². The predicted octanol–water partition coefficient (Wildman–Crippen LogP) is 5.43. The Morgan fingerprint density at radius 3 is 2.48 bits per heavy atom. The normalized spacial score (nSPS) is 15.5. The van der Waals surface area contributed by atoms with Gasteiger partial charge in [-0.1, -0.05) is 37.5 Å². The van der Waals surface area contributed by atoms with Gasteiger partial charge >= 0.3 is 6.18 Å². The number of aryl methyl sites for hydroxylation is 1. The first-order valence-corrected chi connectivity index (χ1v) is 9.90. The summed E-state index contributed by atoms with van der Waals surface area (Å²) in [6, 6.07) is 10.1. The van der Waals surface area contributed by atoms with E-state index in [0.717, 1.165) is 11.6 Å². The summed E-state index contributed by atoms with van der Waals surface area (Å²) in [6.07, 6.45) is 1.61. The molecular formula is C22H26F3N3O. The summed E-state index contributed by atoms with van der Waals surface area (Å²) in [7, 11) is 2.10. The summed E-state index contributed by atoms with van der Waals surface area (Å²) in [4.78, 5) is 18.5. The summed E-state index contributed by atoms with van der Waals surface area (Å²) in [5.74, 6) is -0.462. The van der Waals surface area contributed by atoms with Crippen molar-refractivity contribution in [2.75, 3.05) is 12.4 Å². The third-order valence-electron chi connectivity index (χ3n) is 5.50. The number of aromatic nitrogens is 1. The first kappa shape index (κ1) is 21.3. The summed E-state index contributed by atoms with van der Waals surface area (Å²) in [5, 5.41) is 2.85. The molecule has 1 aromatic carbocycles. The van der Waals surface area contributed by atoms with E-state index in [1.165, 1.54) is 45.1 Å². The lowest BCUT2D eigenvalue weighted by Crippen LogP contribution is -2.33. The van der Waals surface area contributed by atoms with E-state index in [0.29, 0.717) is 18.3 Å². The van der Waals surface area contributed by atoms with Crippen LogP contribution in [0.1, 0.15) is 59.4 Å².